The number of halogens is 1. The van der Waals surface area contributed by atoms with Crippen LogP contribution in [0.1, 0.15) is 43.0 Å². The van der Waals surface area contributed by atoms with Crippen molar-refractivity contribution in [2.24, 2.45) is 11.7 Å². The molecule has 2 aliphatic rings. The molecule has 2 heterocycles. The summed E-state index contributed by atoms with van der Waals surface area (Å²) in [5.41, 5.74) is 6.18. The van der Waals surface area contributed by atoms with Crippen molar-refractivity contribution in [1.29, 1.82) is 0 Å². The predicted octanol–water partition coefficient (Wildman–Crippen LogP) is 1.66. The Morgan fingerprint density at radius 2 is 1.79 bits per heavy atom. The monoisotopic (exact) mass is 429 g/mol. The molecule has 0 spiro atoms. The van der Waals surface area contributed by atoms with Crippen LogP contribution in [0.4, 0.5) is 0 Å². The average Bonchev–Trinajstić information content (AvgIpc) is 3.16. The highest BCUT2D eigenvalue weighted by molar-refractivity contribution is 7.89. The van der Waals surface area contributed by atoms with E-state index in [1.165, 1.54) is 35.5 Å². The van der Waals surface area contributed by atoms with Gasteiger partial charge >= 0.3 is 0 Å². The predicted molar refractivity (Wildman–Crippen MR) is 109 cm³/mol. The summed E-state index contributed by atoms with van der Waals surface area (Å²) in [4.78, 5) is 26.3. The molecule has 2 saturated heterocycles. The molecule has 156 valence electrons. The molecule has 0 radical (unpaired) electrons. The Morgan fingerprint density at radius 3 is 2.36 bits per heavy atom. The van der Waals surface area contributed by atoms with Crippen molar-refractivity contribution >= 4 is 34.1 Å². The highest BCUT2D eigenvalue weighted by Gasteiger charge is 2.40. The first-order valence-corrected chi connectivity index (χ1v) is 10.9. The fourth-order valence-corrected chi connectivity index (χ4v) is 5.52. The molecular formula is C19H28ClN3O4S. The smallest absolute Gasteiger partial charge is 0.243 e. The Balaban J connectivity index is 0.00000280. The van der Waals surface area contributed by atoms with Gasteiger partial charge in [-0.3, -0.25) is 9.59 Å². The number of amides is 1. The van der Waals surface area contributed by atoms with Crippen LogP contribution in [0.15, 0.2) is 29.2 Å². The molecule has 0 saturated carbocycles. The molecule has 7 nitrogen and oxygen atoms in total. The van der Waals surface area contributed by atoms with Crippen LogP contribution >= 0.6 is 12.4 Å². The van der Waals surface area contributed by atoms with Gasteiger partial charge in [-0.1, -0.05) is 18.6 Å². The first kappa shape index (κ1) is 22.8. The lowest BCUT2D eigenvalue weighted by Gasteiger charge is -2.35. The minimum atomic E-state index is -3.80. The third-order valence-electron chi connectivity index (χ3n) is 5.54. The Bertz CT molecular complexity index is 813. The summed E-state index contributed by atoms with van der Waals surface area (Å²) in [5.74, 6) is 0.0600. The van der Waals surface area contributed by atoms with Gasteiger partial charge in [-0.25, -0.2) is 8.42 Å². The zero-order chi connectivity index (χ0) is 19.6. The number of carbonyl (C=O) groups is 2. The summed E-state index contributed by atoms with van der Waals surface area (Å²) in [7, 11) is -3.80. The van der Waals surface area contributed by atoms with E-state index in [9.17, 15) is 18.0 Å². The second kappa shape index (κ2) is 9.35. The topological polar surface area (TPSA) is 101 Å². The number of Topliss-reactive ketones (excluding diaryl/α,β-unsaturated/α-hetero) is 1. The van der Waals surface area contributed by atoms with E-state index in [4.69, 9.17) is 5.73 Å². The van der Waals surface area contributed by atoms with Crippen LogP contribution in [-0.4, -0.2) is 61.5 Å². The molecule has 2 aliphatic heterocycles. The number of nitrogens with two attached hydrogens (primary N) is 1. The molecule has 2 N–H and O–H groups in total. The Hall–Kier alpha value is -1.48. The van der Waals surface area contributed by atoms with Gasteiger partial charge < -0.3 is 10.6 Å². The van der Waals surface area contributed by atoms with Gasteiger partial charge in [0.1, 0.15) is 6.04 Å². The van der Waals surface area contributed by atoms with Gasteiger partial charge in [0.25, 0.3) is 0 Å². The lowest BCUT2D eigenvalue weighted by molar-refractivity contribution is -0.135. The summed E-state index contributed by atoms with van der Waals surface area (Å²) in [6, 6.07) is 5.27. The molecule has 2 fully saturated rings. The first-order chi connectivity index (χ1) is 12.8. The molecule has 0 aliphatic carbocycles. The van der Waals surface area contributed by atoms with Gasteiger partial charge in [-0.05, 0) is 50.8 Å². The van der Waals surface area contributed by atoms with Crippen molar-refractivity contribution in [1.82, 2.24) is 9.21 Å². The summed E-state index contributed by atoms with van der Waals surface area (Å²) in [6.45, 7) is 3.55. The van der Waals surface area contributed by atoms with Crippen molar-refractivity contribution in [3.05, 3.63) is 29.8 Å². The lowest BCUT2D eigenvalue weighted by atomic mass is 10.0. The molecule has 0 bridgehead atoms. The van der Waals surface area contributed by atoms with Crippen LogP contribution in [-0.2, 0) is 14.8 Å². The number of piperidine rings is 1. The minimum Gasteiger partial charge on any atom is -0.341 e. The Kier molecular flexibility index (Phi) is 7.61. The SMILES string of the molecule is CC(=O)c1ccc(S(=O)(=O)N2CCCCC2C(=O)N2CCC(CN)C2)cc1.Cl. The van der Waals surface area contributed by atoms with Gasteiger partial charge in [-0.15, -0.1) is 12.4 Å². The summed E-state index contributed by atoms with van der Waals surface area (Å²) in [5, 5.41) is 0. The van der Waals surface area contributed by atoms with E-state index in [1.54, 1.807) is 4.90 Å². The quantitative estimate of drug-likeness (QED) is 0.717. The van der Waals surface area contributed by atoms with Crippen LogP contribution in [0.5, 0.6) is 0 Å². The number of sulfonamides is 1. The average molecular weight is 430 g/mol. The van der Waals surface area contributed by atoms with E-state index in [0.29, 0.717) is 44.1 Å². The van der Waals surface area contributed by atoms with Crippen molar-refractivity contribution in [3.63, 3.8) is 0 Å². The Morgan fingerprint density at radius 1 is 1.11 bits per heavy atom. The van der Waals surface area contributed by atoms with E-state index < -0.39 is 16.1 Å². The summed E-state index contributed by atoms with van der Waals surface area (Å²) >= 11 is 0. The maximum atomic E-state index is 13.2. The van der Waals surface area contributed by atoms with Crippen LogP contribution in [0, 0.1) is 5.92 Å². The van der Waals surface area contributed by atoms with Gasteiger partial charge in [0, 0.05) is 25.2 Å². The molecular weight excluding hydrogens is 402 g/mol. The second-order valence-electron chi connectivity index (χ2n) is 7.38. The normalized spacial score (nSPS) is 23.3. The summed E-state index contributed by atoms with van der Waals surface area (Å²) < 4.78 is 27.7. The molecule has 2 atom stereocenters. The number of rotatable bonds is 5. The number of ketones is 1. The third-order valence-corrected chi connectivity index (χ3v) is 7.46. The van der Waals surface area contributed by atoms with E-state index in [0.717, 1.165) is 19.3 Å². The molecule has 9 heteroatoms. The fourth-order valence-electron chi connectivity index (χ4n) is 3.87. The van der Waals surface area contributed by atoms with Crippen LogP contribution in [0.2, 0.25) is 0 Å². The van der Waals surface area contributed by atoms with Gasteiger partial charge in [0.2, 0.25) is 15.9 Å². The maximum absolute atomic E-state index is 13.2. The van der Waals surface area contributed by atoms with Crippen molar-refractivity contribution in [2.45, 2.75) is 43.5 Å². The zero-order valence-electron chi connectivity index (χ0n) is 16.0. The van der Waals surface area contributed by atoms with Gasteiger partial charge in [-0.2, -0.15) is 4.31 Å². The lowest BCUT2D eigenvalue weighted by Crippen LogP contribution is -2.52. The maximum Gasteiger partial charge on any atom is 0.243 e. The zero-order valence-corrected chi connectivity index (χ0v) is 17.7. The van der Waals surface area contributed by atoms with E-state index >= 15 is 0 Å². The van der Waals surface area contributed by atoms with E-state index in [2.05, 4.69) is 0 Å². The number of nitrogens with zero attached hydrogens (tertiary/aromatic N) is 2. The summed E-state index contributed by atoms with van der Waals surface area (Å²) in [6.07, 6.45) is 2.97. The number of benzene rings is 1. The number of likely N-dealkylation sites (tertiary alicyclic amines) is 1. The minimum absolute atomic E-state index is 0. The highest BCUT2D eigenvalue weighted by Crippen LogP contribution is 2.28. The number of hydrogen-bond donors (Lipinski definition) is 1. The standard InChI is InChI=1S/C19H27N3O4S.ClH/c1-14(23)16-5-7-17(8-6-16)27(25,26)22-10-3-2-4-18(22)19(24)21-11-9-15(12-20)13-21;/h5-8,15,18H,2-4,9-13,20H2,1H3;1H. The van der Waals surface area contributed by atoms with Gasteiger partial charge in [0.05, 0.1) is 4.90 Å². The molecule has 28 heavy (non-hydrogen) atoms. The largest absolute Gasteiger partial charge is 0.341 e. The third kappa shape index (κ3) is 4.56. The molecule has 0 aromatic heterocycles. The van der Waals surface area contributed by atoms with Gasteiger partial charge in [0.15, 0.2) is 5.78 Å². The molecule has 3 rings (SSSR count). The second-order valence-corrected chi connectivity index (χ2v) is 9.27. The van der Waals surface area contributed by atoms with Crippen LogP contribution < -0.4 is 5.73 Å². The van der Waals surface area contributed by atoms with Crippen molar-refractivity contribution in [2.75, 3.05) is 26.2 Å². The van der Waals surface area contributed by atoms with Crippen molar-refractivity contribution < 1.29 is 18.0 Å². The highest BCUT2D eigenvalue weighted by atomic mass is 35.5. The van der Waals surface area contributed by atoms with Crippen LogP contribution in [0.3, 0.4) is 0 Å². The molecule has 1 amide bonds. The fraction of sp³-hybridized carbons (Fsp3) is 0.579. The van der Waals surface area contributed by atoms with E-state index in [1.807, 2.05) is 0 Å². The number of hydrogen-bond acceptors (Lipinski definition) is 5. The molecule has 1 aromatic carbocycles. The first-order valence-electron chi connectivity index (χ1n) is 9.46. The molecule has 1 aromatic rings. The molecule has 2 unspecified atom stereocenters. The number of carbonyl (C=O) groups excluding carboxylic acids is 2. The van der Waals surface area contributed by atoms with Crippen LogP contribution in [0.25, 0.3) is 0 Å². The Labute approximate surface area is 172 Å². The van der Waals surface area contributed by atoms with Crippen molar-refractivity contribution in [3.8, 4) is 0 Å². The van der Waals surface area contributed by atoms with E-state index in [-0.39, 0.29) is 29.0 Å².